The Labute approximate surface area is 141 Å². The van der Waals surface area contributed by atoms with Gasteiger partial charge >= 0.3 is 0 Å². The van der Waals surface area contributed by atoms with Crippen LogP contribution >= 0.6 is 0 Å². The van der Waals surface area contributed by atoms with E-state index in [0.717, 1.165) is 25.0 Å². The van der Waals surface area contributed by atoms with Gasteiger partial charge < -0.3 is 15.5 Å². The Hall–Kier alpha value is -1.55. The second-order valence-corrected chi connectivity index (χ2v) is 6.59. The van der Waals surface area contributed by atoms with Gasteiger partial charge in [0.15, 0.2) is 5.96 Å². The van der Waals surface area contributed by atoms with E-state index in [-0.39, 0.29) is 0 Å². The van der Waals surface area contributed by atoms with E-state index in [0.29, 0.717) is 0 Å². The highest BCUT2D eigenvalue weighted by molar-refractivity contribution is 5.79. The first-order chi connectivity index (χ1) is 11.3. The third kappa shape index (κ3) is 7.04. The molecule has 0 spiro atoms. The molecule has 1 unspecified atom stereocenters. The van der Waals surface area contributed by atoms with Gasteiger partial charge in [-0.3, -0.25) is 4.99 Å². The predicted octanol–water partition coefficient (Wildman–Crippen LogP) is 2.86. The summed E-state index contributed by atoms with van der Waals surface area (Å²) in [5.41, 5.74) is 1.27. The van der Waals surface area contributed by atoms with Crippen LogP contribution in [0.15, 0.2) is 35.3 Å². The molecule has 1 fully saturated rings. The van der Waals surface area contributed by atoms with Crippen molar-refractivity contribution in [3.63, 3.8) is 0 Å². The topological polar surface area (TPSA) is 39.7 Å². The number of unbranched alkanes of at least 4 members (excludes halogenated alkanes) is 1. The normalized spacial score (nSPS) is 19.6. The lowest BCUT2D eigenvalue weighted by molar-refractivity contribution is 0.181. The molecule has 0 aliphatic carbocycles. The highest BCUT2D eigenvalue weighted by Crippen LogP contribution is 2.15. The average Bonchev–Trinajstić information content (AvgIpc) is 2.58. The smallest absolute Gasteiger partial charge is 0.191 e. The molecule has 1 atom stereocenters. The molecule has 2 N–H and O–H groups in total. The Morgan fingerprint density at radius 2 is 2.04 bits per heavy atom. The lowest BCUT2D eigenvalue weighted by Gasteiger charge is -2.30. The number of likely N-dealkylation sites (tertiary alicyclic amines) is 1. The maximum atomic E-state index is 4.28. The molecule has 1 saturated heterocycles. The zero-order valence-corrected chi connectivity index (χ0v) is 14.7. The molecular formula is C19H32N4. The number of benzene rings is 1. The Kier molecular flexibility index (Phi) is 7.95. The minimum Gasteiger partial charge on any atom is -0.356 e. The molecule has 0 radical (unpaired) electrons. The lowest BCUT2D eigenvalue weighted by atomic mass is 10.0. The highest BCUT2D eigenvalue weighted by Gasteiger charge is 2.15. The van der Waals surface area contributed by atoms with Crippen molar-refractivity contribution < 1.29 is 0 Å². The van der Waals surface area contributed by atoms with E-state index >= 15 is 0 Å². The molecular weight excluding hydrogens is 284 g/mol. The molecule has 1 heterocycles. The van der Waals surface area contributed by atoms with Crippen molar-refractivity contribution in [3.05, 3.63) is 35.9 Å². The van der Waals surface area contributed by atoms with E-state index in [1.165, 1.54) is 50.9 Å². The summed E-state index contributed by atoms with van der Waals surface area (Å²) in [6.45, 7) is 7.98. The standard InChI is InChI=1S/C19H32N4/c1-17-9-8-14-23(16-17)13-7-6-12-21-19(20-2)22-15-18-10-4-3-5-11-18/h3-5,10-11,17H,6-9,12-16H2,1-2H3,(H2,20,21,22). The van der Waals surface area contributed by atoms with Crippen LogP contribution in [0, 0.1) is 5.92 Å². The summed E-state index contributed by atoms with van der Waals surface area (Å²) < 4.78 is 0. The maximum absolute atomic E-state index is 4.28. The highest BCUT2D eigenvalue weighted by atomic mass is 15.2. The van der Waals surface area contributed by atoms with Gasteiger partial charge in [-0.15, -0.1) is 0 Å². The lowest BCUT2D eigenvalue weighted by Crippen LogP contribution is -2.38. The van der Waals surface area contributed by atoms with Gasteiger partial charge in [0.05, 0.1) is 0 Å². The van der Waals surface area contributed by atoms with Crippen LogP contribution in [0.5, 0.6) is 0 Å². The molecule has 1 aliphatic rings. The fourth-order valence-corrected chi connectivity index (χ4v) is 3.16. The fourth-order valence-electron chi connectivity index (χ4n) is 3.16. The van der Waals surface area contributed by atoms with Crippen LogP contribution in [0.4, 0.5) is 0 Å². The van der Waals surface area contributed by atoms with Gasteiger partial charge in [-0.1, -0.05) is 37.3 Å². The number of aliphatic imine (C=N–C) groups is 1. The number of piperidine rings is 1. The largest absolute Gasteiger partial charge is 0.356 e. The summed E-state index contributed by atoms with van der Waals surface area (Å²) >= 11 is 0. The van der Waals surface area contributed by atoms with Crippen molar-refractivity contribution in [3.8, 4) is 0 Å². The van der Waals surface area contributed by atoms with E-state index in [1.807, 2.05) is 13.1 Å². The van der Waals surface area contributed by atoms with E-state index in [2.05, 4.69) is 51.7 Å². The number of hydrogen-bond acceptors (Lipinski definition) is 2. The molecule has 128 valence electrons. The quantitative estimate of drug-likeness (QED) is 0.462. The van der Waals surface area contributed by atoms with Crippen molar-refractivity contribution >= 4 is 5.96 Å². The van der Waals surface area contributed by atoms with Gasteiger partial charge in [-0.2, -0.15) is 0 Å². The zero-order valence-electron chi connectivity index (χ0n) is 14.7. The van der Waals surface area contributed by atoms with Crippen molar-refractivity contribution in [2.24, 2.45) is 10.9 Å². The molecule has 1 aliphatic heterocycles. The second-order valence-electron chi connectivity index (χ2n) is 6.59. The average molecular weight is 316 g/mol. The molecule has 1 aromatic carbocycles. The summed E-state index contributed by atoms with van der Waals surface area (Å²) in [5, 5.41) is 6.77. The van der Waals surface area contributed by atoms with Crippen LogP contribution in [-0.2, 0) is 6.54 Å². The maximum Gasteiger partial charge on any atom is 0.191 e. The summed E-state index contributed by atoms with van der Waals surface area (Å²) in [7, 11) is 1.83. The Morgan fingerprint density at radius 1 is 1.22 bits per heavy atom. The van der Waals surface area contributed by atoms with Crippen LogP contribution < -0.4 is 10.6 Å². The molecule has 2 rings (SSSR count). The van der Waals surface area contributed by atoms with Gasteiger partial charge in [-0.25, -0.2) is 0 Å². The van der Waals surface area contributed by atoms with Crippen LogP contribution in [0.3, 0.4) is 0 Å². The SMILES string of the molecule is CN=C(NCCCCN1CCCC(C)C1)NCc1ccccc1. The zero-order chi connectivity index (χ0) is 16.3. The van der Waals surface area contributed by atoms with E-state index in [9.17, 15) is 0 Å². The Balaban J connectivity index is 1.55. The minimum absolute atomic E-state index is 0.812. The minimum atomic E-state index is 0.812. The Bertz CT molecular complexity index is 458. The van der Waals surface area contributed by atoms with Crippen molar-refractivity contribution in [1.82, 2.24) is 15.5 Å². The number of guanidine groups is 1. The van der Waals surface area contributed by atoms with Crippen LogP contribution in [0.2, 0.25) is 0 Å². The second kappa shape index (κ2) is 10.3. The molecule has 23 heavy (non-hydrogen) atoms. The van der Waals surface area contributed by atoms with Crippen LogP contribution in [0.1, 0.15) is 38.2 Å². The van der Waals surface area contributed by atoms with Gasteiger partial charge in [0.25, 0.3) is 0 Å². The number of nitrogens with zero attached hydrogens (tertiary/aromatic N) is 2. The number of rotatable bonds is 7. The fraction of sp³-hybridized carbons (Fsp3) is 0.632. The van der Waals surface area contributed by atoms with Crippen LogP contribution in [0.25, 0.3) is 0 Å². The van der Waals surface area contributed by atoms with Gasteiger partial charge in [-0.05, 0) is 50.3 Å². The third-order valence-electron chi connectivity index (χ3n) is 4.46. The van der Waals surface area contributed by atoms with Gasteiger partial charge in [0, 0.05) is 26.7 Å². The summed E-state index contributed by atoms with van der Waals surface area (Å²) in [5.74, 6) is 1.77. The summed E-state index contributed by atoms with van der Waals surface area (Å²) in [6, 6.07) is 10.4. The first-order valence-corrected chi connectivity index (χ1v) is 8.98. The molecule has 0 aromatic heterocycles. The van der Waals surface area contributed by atoms with Gasteiger partial charge in [0.1, 0.15) is 0 Å². The number of hydrogen-bond donors (Lipinski definition) is 2. The third-order valence-corrected chi connectivity index (χ3v) is 4.46. The van der Waals surface area contributed by atoms with E-state index < -0.39 is 0 Å². The Morgan fingerprint density at radius 3 is 2.78 bits per heavy atom. The molecule has 0 saturated carbocycles. The molecule has 4 heteroatoms. The van der Waals surface area contributed by atoms with E-state index in [1.54, 1.807) is 0 Å². The van der Waals surface area contributed by atoms with E-state index in [4.69, 9.17) is 0 Å². The number of nitrogens with one attached hydrogen (secondary N) is 2. The first kappa shape index (κ1) is 17.8. The molecule has 1 aromatic rings. The van der Waals surface area contributed by atoms with Crippen LogP contribution in [-0.4, -0.2) is 44.1 Å². The first-order valence-electron chi connectivity index (χ1n) is 8.98. The monoisotopic (exact) mass is 316 g/mol. The molecule has 4 nitrogen and oxygen atoms in total. The van der Waals surface area contributed by atoms with Gasteiger partial charge in [0.2, 0.25) is 0 Å². The summed E-state index contributed by atoms with van der Waals surface area (Å²) in [4.78, 5) is 6.91. The molecule has 0 amide bonds. The van der Waals surface area contributed by atoms with Crippen molar-refractivity contribution in [2.45, 2.75) is 39.2 Å². The molecule has 0 bridgehead atoms. The van der Waals surface area contributed by atoms with Crippen molar-refractivity contribution in [2.75, 3.05) is 33.2 Å². The van der Waals surface area contributed by atoms with Crippen molar-refractivity contribution in [1.29, 1.82) is 0 Å². The summed E-state index contributed by atoms with van der Waals surface area (Å²) in [6.07, 6.45) is 5.23. The predicted molar refractivity (Wildman–Crippen MR) is 98.7 cm³/mol.